The Morgan fingerprint density at radius 2 is 0.929 bits per heavy atom. The fourth-order valence-electron chi connectivity index (χ4n) is 3.15. The second-order valence-corrected chi connectivity index (χ2v) is 4.59. The third kappa shape index (κ3) is 1.29. The van der Waals surface area contributed by atoms with Gasteiger partial charge in [-0.05, 0) is 25.7 Å². The van der Waals surface area contributed by atoms with Gasteiger partial charge in [-0.15, -0.1) is 0 Å². The van der Waals surface area contributed by atoms with E-state index < -0.39 is 11.2 Å². The van der Waals surface area contributed by atoms with Crippen LogP contribution in [0.3, 0.4) is 0 Å². The summed E-state index contributed by atoms with van der Waals surface area (Å²) in [5, 5.41) is 18.2. The van der Waals surface area contributed by atoms with E-state index in [9.17, 15) is 0 Å². The number of hydrogen-bond acceptors (Lipinski definition) is 4. The molecule has 2 rings (SSSR count). The highest BCUT2D eigenvalue weighted by atomic mass is 17.1. The molecule has 14 heavy (non-hydrogen) atoms. The molecule has 0 unspecified atom stereocenters. The normalized spacial score (nSPS) is 43.3. The summed E-state index contributed by atoms with van der Waals surface area (Å²) >= 11 is 0. The van der Waals surface area contributed by atoms with E-state index in [-0.39, 0.29) is 0 Å². The zero-order chi connectivity index (χ0) is 10.1. The SMILES string of the molecule is OOC12CCCCC1(OO)CCCC2. The van der Waals surface area contributed by atoms with Crippen LogP contribution < -0.4 is 0 Å². The summed E-state index contributed by atoms with van der Waals surface area (Å²) in [4.78, 5) is 9.38. The molecule has 0 atom stereocenters. The van der Waals surface area contributed by atoms with Crippen LogP contribution in [0.25, 0.3) is 0 Å². The fourth-order valence-corrected chi connectivity index (χ4v) is 3.15. The van der Waals surface area contributed by atoms with E-state index in [2.05, 4.69) is 0 Å². The summed E-state index contributed by atoms with van der Waals surface area (Å²) in [6, 6.07) is 0. The van der Waals surface area contributed by atoms with Crippen molar-refractivity contribution in [3.05, 3.63) is 0 Å². The minimum Gasteiger partial charge on any atom is -0.251 e. The van der Waals surface area contributed by atoms with Crippen LogP contribution in [0.15, 0.2) is 0 Å². The van der Waals surface area contributed by atoms with Gasteiger partial charge in [-0.25, -0.2) is 9.78 Å². The highest BCUT2D eigenvalue weighted by molar-refractivity contribution is 5.06. The van der Waals surface area contributed by atoms with Crippen molar-refractivity contribution in [3.63, 3.8) is 0 Å². The quantitative estimate of drug-likeness (QED) is 0.533. The van der Waals surface area contributed by atoms with Crippen LogP contribution in [-0.2, 0) is 9.78 Å². The Hall–Kier alpha value is -0.160. The van der Waals surface area contributed by atoms with Crippen molar-refractivity contribution in [3.8, 4) is 0 Å². The van der Waals surface area contributed by atoms with E-state index in [1.165, 1.54) is 0 Å². The predicted molar refractivity (Wildman–Crippen MR) is 49.8 cm³/mol. The van der Waals surface area contributed by atoms with E-state index in [0.717, 1.165) is 51.4 Å². The lowest BCUT2D eigenvalue weighted by molar-refractivity contribution is -0.443. The van der Waals surface area contributed by atoms with E-state index in [1.807, 2.05) is 0 Å². The summed E-state index contributed by atoms with van der Waals surface area (Å²) in [6.07, 6.45) is 7.26. The zero-order valence-electron chi connectivity index (χ0n) is 8.37. The molecule has 0 spiro atoms. The highest BCUT2D eigenvalue weighted by Gasteiger charge is 2.57. The molecule has 0 heterocycles. The van der Waals surface area contributed by atoms with Gasteiger partial charge in [-0.3, -0.25) is 10.5 Å². The van der Waals surface area contributed by atoms with Gasteiger partial charge in [0.05, 0.1) is 0 Å². The van der Waals surface area contributed by atoms with Crippen molar-refractivity contribution < 1.29 is 20.3 Å². The molecule has 4 nitrogen and oxygen atoms in total. The predicted octanol–water partition coefficient (Wildman–Crippen LogP) is 2.59. The maximum absolute atomic E-state index is 9.08. The first-order chi connectivity index (χ1) is 6.79. The third-order valence-corrected chi connectivity index (χ3v) is 4.00. The van der Waals surface area contributed by atoms with Gasteiger partial charge in [-0.1, -0.05) is 25.7 Å². The first-order valence-electron chi connectivity index (χ1n) is 5.44. The molecule has 0 aliphatic heterocycles. The largest absolute Gasteiger partial charge is 0.251 e. The molecule has 2 saturated carbocycles. The molecule has 2 aliphatic carbocycles. The van der Waals surface area contributed by atoms with E-state index >= 15 is 0 Å². The van der Waals surface area contributed by atoms with Gasteiger partial charge in [0.15, 0.2) is 0 Å². The van der Waals surface area contributed by atoms with E-state index in [0.29, 0.717) is 0 Å². The van der Waals surface area contributed by atoms with Crippen LogP contribution in [0.1, 0.15) is 51.4 Å². The molecule has 0 radical (unpaired) electrons. The minimum atomic E-state index is -0.655. The molecule has 4 heteroatoms. The number of rotatable bonds is 2. The van der Waals surface area contributed by atoms with Crippen LogP contribution in [0.2, 0.25) is 0 Å². The molecule has 2 N–H and O–H groups in total. The second-order valence-electron chi connectivity index (χ2n) is 4.59. The van der Waals surface area contributed by atoms with E-state index in [1.54, 1.807) is 0 Å². The molecule has 82 valence electrons. The average Bonchev–Trinajstić information content (AvgIpc) is 2.28. The number of hydrogen-bond donors (Lipinski definition) is 2. The Kier molecular flexibility index (Phi) is 2.79. The Morgan fingerprint density at radius 3 is 1.14 bits per heavy atom. The molecule has 0 aromatic heterocycles. The summed E-state index contributed by atoms with van der Waals surface area (Å²) in [5.41, 5.74) is -1.31. The van der Waals surface area contributed by atoms with Crippen LogP contribution in [0.5, 0.6) is 0 Å². The topological polar surface area (TPSA) is 58.9 Å². The fraction of sp³-hybridized carbons (Fsp3) is 1.00. The molecule has 0 bridgehead atoms. The van der Waals surface area contributed by atoms with Gasteiger partial charge in [0.2, 0.25) is 0 Å². The standard InChI is InChI=1S/C10H18O4/c11-13-9-5-1-2-6-10(9,14-12)8-4-3-7-9/h11-12H,1-8H2. The Morgan fingerprint density at radius 1 is 0.643 bits per heavy atom. The van der Waals surface area contributed by atoms with Crippen molar-refractivity contribution in [2.45, 2.75) is 62.6 Å². The van der Waals surface area contributed by atoms with Gasteiger partial charge >= 0.3 is 0 Å². The summed E-state index contributed by atoms with van der Waals surface area (Å²) in [6.45, 7) is 0. The van der Waals surface area contributed by atoms with Crippen LogP contribution >= 0.6 is 0 Å². The molecule has 0 aromatic rings. The van der Waals surface area contributed by atoms with Crippen molar-refractivity contribution in [2.24, 2.45) is 0 Å². The first kappa shape index (κ1) is 10.4. The Balaban J connectivity index is 2.27. The van der Waals surface area contributed by atoms with Crippen molar-refractivity contribution in [1.82, 2.24) is 0 Å². The molecular weight excluding hydrogens is 184 g/mol. The third-order valence-electron chi connectivity index (χ3n) is 4.00. The van der Waals surface area contributed by atoms with Crippen molar-refractivity contribution >= 4 is 0 Å². The lowest BCUT2D eigenvalue weighted by Crippen LogP contribution is -2.60. The molecule has 2 aliphatic rings. The second kappa shape index (κ2) is 3.77. The van der Waals surface area contributed by atoms with Gasteiger partial charge in [0.25, 0.3) is 0 Å². The molecule has 0 amide bonds. The molecule has 2 fully saturated rings. The lowest BCUT2D eigenvalue weighted by atomic mass is 9.64. The maximum Gasteiger partial charge on any atom is 0.135 e. The van der Waals surface area contributed by atoms with Gasteiger partial charge in [0, 0.05) is 0 Å². The Bertz CT molecular complexity index is 170. The van der Waals surface area contributed by atoms with Crippen molar-refractivity contribution in [1.29, 1.82) is 0 Å². The highest BCUT2D eigenvalue weighted by Crippen LogP contribution is 2.50. The van der Waals surface area contributed by atoms with Gasteiger partial charge in [-0.2, -0.15) is 0 Å². The molecule has 0 saturated heterocycles. The Labute approximate surface area is 83.7 Å². The minimum absolute atomic E-state index is 0.655. The summed E-state index contributed by atoms with van der Waals surface area (Å²) in [7, 11) is 0. The smallest absolute Gasteiger partial charge is 0.135 e. The van der Waals surface area contributed by atoms with Crippen molar-refractivity contribution in [2.75, 3.05) is 0 Å². The summed E-state index contributed by atoms with van der Waals surface area (Å²) in [5.74, 6) is 0. The molecular formula is C10H18O4. The van der Waals surface area contributed by atoms with Crippen LogP contribution in [0.4, 0.5) is 0 Å². The monoisotopic (exact) mass is 202 g/mol. The van der Waals surface area contributed by atoms with Crippen LogP contribution in [-0.4, -0.2) is 21.7 Å². The number of fused-ring (bicyclic) bond motifs is 1. The zero-order valence-corrected chi connectivity index (χ0v) is 8.37. The molecule has 0 aromatic carbocycles. The average molecular weight is 202 g/mol. The first-order valence-corrected chi connectivity index (χ1v) is 5.44. The lowest BCUT2D eigenvalue weighted by Gasteiger charge is -2.51. The summed E-state index contributed by atoms with van der Waals surface area (Å²) < 4.78 is 0. The van der Waals surface area contributed by atoms with Gasteiger partial charge in [0.1, 0.15) is 11.2 Å². The van der Waals surface area contributed by atoms with E-state index in [4.69, 9.17) is 20.3 Å². The van der Waals surface area contributed by atoms with Gasteiger partial charge < -0.3 is 0 Å². The van der Waals surface area contributed by atoms with Crippen LogP contribution in [0, 0.1) is 0 Å². The maximum atomic E-state index is 9.08.